The molecular formula is C13H18O3. The summed E-state index contributed by atoms with van der Waals surface area (Å²) in [5, 5.41) is 10.1. The van der Waals surface area contributed by atoms with Crippen molar-refractivity contribution >= 4 is 12.6 Å². The second kappa shape index (κ2) is 3.81. The lowest BCUT2D eigenvalue weighted by molar-refractivity contribution is -0.127. The lowest BCUT2D eigenvalue weighted by Crippen LogP contribution is -2.46. The minimum Gasteiger partial charge on any atom is -0.377 e. The monoisotopic (exact) mass is 222 g/mol. The van der Waals surface area contributed by atoms with Crippen molar-refractivity contribution in [1.82, 2.24) is 0 Å². The number of carbonyl (C=O) groups excluding carboxylic acids is 2. The first-order valence-electron chi connectivity index (χ1n) is 5.91. The Morgan fingerprint density at radius 1 is 1.44 bits per heavy atom. The predicted molar refractivity (Wildman–Crippen MR) is 59.8 cm³/mol. The highest BCUT2D eigenvalue weighted by atomic mass is 16.3. The number of aldehydes is 2. The van der Waals surface area contributed by atoms with Crippen molar-refractivity contribution in [2.24, 2.45) is 11.3 Å². The molecule has 1 N–H and O–H groups in total. The molecule has 0 saturated heterocycles. The van der Waals surface area contributed by atoms with Gasteiger partial charge in [0.2, 0.25) is 0 Å². The molecule has 0 amide bonds. The van der Waals surface area contributed by atoms with Gasteiger partial charge in [-0.05, 0) is 30.6 Å². The maximum absolute atomic E-state index is 11.0. The quantitative estimate of drug-likeness (QED) is 0.723. The minimum atomic E-state index is -1.54. The highest BCUT2D eigenvalue weighted by Gasteiger charge is 2.47. The van der Waals surface area contributed by atoms with Crippen LogP contribution in [0.5, 0.6) is 0 Å². The molecule has 2 aliphatic rings. The molecule has 2 rings (SSSR count). The van der Waals surface area contributed by atoms with Gasteiger partial charge in [0.1, 0.15) is 11.9 Å². The highest BCUT2D eigenvalue weighted by Crippen LogP contribution is 2.50. The SMILES string of the molecule is C[C@@]12C=C(C=O)C(O)(C=O)C[C@H]1CCCC2. The smallest absolute Gasteiger partial charge is 0.156 e. The Balaban J connectivity index is 2.42. The van der Waals surface area contributed by atoms with Crippen LogP contribution in [-0.2, 0) is 9.59 Å². The third-order valence-electron chi connectivity index (χ3n) is 4.32. The molecule has 0 aliphatic heterocycles. The van der Waals surface area contributed by atoms with Gasteiger partial charge >= 0.3 is 0 Å². The normalized spacial score (nSPS) is 43.1. The molecule has 3 nitrogen and oxygen atoms in total. The molecule has 16 heavy (non-hydrogen) atoms. The Labute approximate surface area is 95.5 Å². The maximum Gasteiger partial charge on any atom is 0.156 e. The predicted octanol–water partition coefficient (Wildman–Crippen LogP) is 1.64. The van der Waals surface area contributed by atoms with E-state index in [1.54, 1.807) is 0 Å². The Kier molecular flexibility index (Phi) is 2.74. The molecule has 0 radical (unpaired) electrons. The first-order chi connectivity index (χ1) is 7.54. The van der Waals surface area contributed by atoms with Crippen molar-refractivity contribution in [3.05, 3.63) is 11.6 Å². The molecule has 3 heteroatoms. The van der Waals surface area contributed by atoms with Crippen molar-refractivity contribution in [3.8, 4) is 0 Å². The van der Waals surface area contributed by atoms with E-state index < -0.39 is 5.60 Å². The number of fused-ring (bicyclic) bond motifs is 1. The van der Waals surface area contributed by atoms with Crippen molar-refractivity contribution in [1.29, 1.82) is 0 Å². The van der Waals surface area contributed by atoms with Gasteiger partial charge in [-0.2, -0.15) is 0 Å². The molecule has 0 aromatic heterocycles. The standard InChI is InChI=1S/C13H18O3/c1-12-5-3-2-4-10(12)7-13(16,9-15)11(6-12)8-14/h6,8-10,16H,2-5,7H2,1H3/t10-,12-,13?/m1/s1. The zero-order chi connectivity index (χ0) is 11.8. The van der Waals surface area contributed by atoms with E-state index in [0.29, 0.717) is 24.9 Å². The lowest BCUT2D eigenvalue weighted by Gasteiger charge is -2.46. The lowest BCUT2D eigenvalue weighted by atomic mass is 9.59. The van der Waals surface area contributed by atoms with Gasteiger partial charge in [-0.15, -0.1) is 0 Å². The van der Waals surface area contributed by atoms with Crippen molar-refractivity contribution in [2.75, 3.05) is 0 Å². The molecule has 1 unspecified atom stereocenters. The average Bonchev–Trinajstić information content (AvgIpc) is 2.29. The number of carbonyl (C=O) groups is 2. The van der Waals surface area contributed by atoms with Crippen molar-refractivity contribution in [2.45, 2.75) is 44.6 Å². The van der Waals surface area contributed by atoms with Crippen LogP contribution < -0.4 is 0 Å². The summed E-state index contributed by atoms with van der Waals surface area (Å²) >= 11 is 0. The molecule has 2 aliphatic carbocycles. The van der Waals surface area contributed by atoms with Crippen molar-refractivity contribution < 1.29 is 14.7 Å². The summed E-state index contributed by atoms with van der Waals surface area (Å²) in [4.78, 5) is 21.9. The van der Waals surface area contributed by atoms with Gasteiger partial charge in [-0.25, -0.2) is 0 Å². The summed E-state index contributed by atoms with van der Waals surface area (Å²) in [5.74, 6) is 0.320. The van der Waals surface area contributed by atoms with Crippen LogP contribution in [0.2, 0.25) is 0 Å². The third kappa shape index (κ3) is 1.63. The number of hydrogen-bond acceptors (Lipinski definition) is 3. The summed E-state index contributed by atoms with van der Waals surface area (Å²) < 4.78 is 0. The van der Waals surface area contributed by atoms with E-state index in [1.807, 2.05) is 6.08 Å². The van der Waals surface area contributed by atoms with Gasteiger partial charge in [0.15, 0.2) is 6.29 Å². The number of aliphatic hydroxyl groups is 1. The van der Waals surface area contributed by atoms with Gasteiger partial charge in [0.25, 0.3) is 0 Å². The van der Waals surface area contributed by atoms with Crippen LogP contribution in [-0.4, -0.2) is 23.3 Å². The average molecular weight is 222 g/mol. The van der Waals surface area contributed by atoms with E-state index in [-0.39, 0.29) is 11.0 Å². The molecule has 0 aromatic carbocycles. The molecule has 1 fully saturated rings. The van der Waals surface area contributed by atoms with Crippen LogP contribution in [0.15, 0.2) is 11.6 Å². The highest BCUT2D eigenvalue weighted by molar-refractivity contribution is 5.87. The first-order valence-corrected chi connectivity index (χ1v) is 5.91. The minimum absolute atomic E-state index is 0.0102. The third-order valence-corrected chi connectivity index (χ3v) is 4.32. The second-order valence-corrected chi connectivity index (χ2v) is 5.41. The molecule has 0 bridgehead atoms. The van der Waals surface area contributed by atoms with Gasteiger partial charge < -0.3 is 5.11 Å². The second-order valence-electron chi connectivity index (χ2n) is 5.41. The Morgan fingerprint density at radius 2 is 2.19 bits per heavy atom. The molecule has 88 valence electrons. The van der Waals surface area contributed by atoms with Crippen LogP contribution in [0.25, 0.3) is 0 Å². The summed E-state index contributed by atoms with van der Waals surface area (Å²) in [6, 6.07) is 0. The summed E-state index contributed by atoms with van der Waals surface area (Å²) in [7, 11) is 0. The van der Waals surface area contributed by atoms with E-state index >= 15 is 0 Å². The summed E-state index contributed by atoms with van der Waals surface area (Å²) in [5.41, 5.74) is -1.30. The zero-order valence-corrected chi connectivity index (χ0v) is 9.61. The van der Waals surface area contributed by atoms with Gasteiger partial charge in [-0.3, -0.25) is 9.59 Å². The first kappa shape index (κ1) is 11.5. The largest absolute Gasteiger partial charge is 0.377 e. The maximum atomic E-state index is 11.0. The number of rotatable bonds is 2. The van der Waals surface area contributed by atoms with Crippen molar-refractivity contribution in [3.63, 3.8) is 0 Å². The molecule has 0 heterocycles. The molecular weight excluding hydrogens is 204 g/mol. The van der Waals surface area contributed by atoms with E-state index in [1.165, 1.54) is 0 Å². The molecule has 3 atom stereocenters. The van der Waals surface area contributed by atoms with Gasteiger partial charge in [0.05, 0.1) is 0 Å². The topological polar surface area (TPSA) is 54.4 Å². The summed E-state index contributed by atoms with van der Waals surface area (Å²) in [6.07, 6.45) is 7.78. The fourth-order valence-corrected chi connectivity index (χ4v) is 3.18. The van der Waals surface area contributed by atoms with Crippen LogP contribution in [0.4, 0.5) is 0 Å². The van der Waals surface area contributed by atoms with E-state index in [2.05, 4.69) is 6.92 Å². The molecule has 0 spiro atoms. The molecule has 0 aromatic rings. The van der Waals surface area contributed by atoms with Crippen LogP contribution in [0.1, 0.15) is 39.0 Å². The fraction of sp³-hybridized carbons (Fsp3) is 0.692. The Morgan fingerprint density at radius 3 is 2.81 bits per heavy atom. The Bertz CT molecular complexity index is 347. The van der Waals surface area contributed by atoms with Gasteiger partial charge in [0, 0.05) is 5.57 Å². The van der Waals surface area contributed by atoms with Gasteiger partial charge in [-0.1, -0.05) is 25.8 Å². The molecule has 1 saturated carbocycles. The van der Waals surface area contributed by atoms with E-state index in [0.717, 1.165) is 25.7 Å². The summed E-state index contributed by atoms with van der Waals surface area (Å²) in [6.45, 7) is 2.13. The zero-order valence-electron chi connectivity index (χ0n) is 9.61. The Hall–Kier alpha value is -0.960. The van der Waals surface area contributed by atoms with Crippen LogP contribution >= 0.6 is 0 Å². The van der Waals surface area contributed by atoms with Crippen LogP contribution in [0.3, 0.4) is 0 Å². The van der Waals surface area contributed by atoms with E-state index in [9.17, 15) is 14.7 Å². The fourth-order valence-electron chi connectivity index (χ4n) is 3.18. The van der Waals surface area contributed by atoms with E-state index in [4.69, 9.17) is 0 Å². The number of allylic oxidation sites excluding steroid dienone is 1. The van der Waals surface area contributed by atoms with Crippen LogP contribution in [0, 0.1) is 11.3 Å². The number of hydrogen-bond donors (Lipinski definition) is 1.